The summed E-state index contributed by atoms with van der Waals surface area (Å²) in [7, 11) is 10.3. The van der Waals surface area contributed by atoms with Gasteiger partial charge in [-0.15, -0.1) is 0 Å². The average Bonchev–Trinajstić information content (AvgIpc) is 2.33. The van der Waals surface area contributed by atoms with Crippen LogP contribution in [0.15, 0.2) is 24.3 Å². The van der Waals surface area contributed by atoms with E-state index in [1.165, 1.54) is 13.8 Å². The molecule has 0 unspecified atom stereocenters. The molecule has 2 rings (SSSR count). The van der Waals surface area contributed by atoms with E-state index < -0.39 is 23.3 Å². The minimum Gasteiger partial charge on any atom is -0.207 e. The van der Waals surface area contributed by atoms with Gasteiger partial charge in [-0.2, -0.15) is 0 Å². The van der Waals surface area contributed by atoms with Crippen LogP contribution in [0.1, 0.15) is 11.1 Å². The van der Waals surface area contributed by atoms with E-state index in [-0.39, 0.29) is 22.1 Å². The molecular formula is C14H10B2F4. The summed E-state index contributed by atoms with van der Waals surface area (Å²) >= 11 is 0. The summed E-state index contributed by atoms with van der Waals surface area (Å²) in [5, 5.41) is 0. The highest BCUT2D eigenvalue weighted by Crippen LogP contribution is 2.08. The van der Waals surface area contributed by atoms with Gasteiger partial charge in [-0.25, -0.2) is 17.6 Å². The fourth-order valence-electron chi connectivity index (χ4n) is 1.33. The Morgan fingerprint density at radius 1 is 0.600 bits per heavy atom. The molecule has 2 aromatic carbocycles. The molecule has 2 aromatic rings. The van der Waals surface area contributed by atoms with Gasteiger partial charge in [0.15, 0.2) is 0 Å². The normalized spacial score (nSPS) is 9.90. The van der Waals surface area contributed by atoms with Crippen LogP contribution in [0.5, 0.6) is 0 Å². The van der Waals surface area contributed by atoms with Gasteiger partial charge < -0.3 is 0 Å². The van der Waals surface area contributed by atoms with Crippen LogP contribution in [0, 0.1) is 37.1 Å². The number of rotatable bonds is 0. The lowest BCUT2D eigenvalue weighted by Gasteiger charge is -1.98. The van der Waals surface area contributed by atoms with Gasteiger partial charge in [-0.05, 0) is 38.1 Å². The first kappa shape index (κ1) is 16.3. The third-order valence-electron chi connectivity index (χ3n) is 2.61. The molecule has 6 heteroatoms. The molecule has 20 heavy (non-hydrogen) atoms. The van der Waals surface area contributed by atoms with Gasteiger partial charge in [0.1, 0.15) is 39.0 Å². The van der Waals surface area contributed by atoms with E-state index in [0.29, 0.717) is 0 Å². The molecule has 0 saturated carbocycles. The molecule has 0 amide bonds. The van der Waals surface area contributed by atoms with Gasteiger partial charge >= 0.3 is 0 Å². The predicted molar refractivity (Wildman–Crippen MR) is 73.0 cm³/mol. The Balaban J connectivity index is 0.000000200. The van der Waals surface area contributed by atoms with Gasteiger partial charge in [-0.3, -0.25) is 0 Å². The van der Waals surface area contributed by atoms with Crippen LogP contribution in [-0.2, 0) is 0 Å². The molecular weight excluding hydrogens is 266 g/mol. The Bertz CT molecular complexity index is 525. The maximum atomic E-state index is 12.5. The van der Waals surface area contributed by atoms with E-state index >= 15 is 0 Å². The quantitative estimate of drug-likeness (QED) is 0.510. The summed E-state index contributed by atoms with van der Waals surface area (Å²) in [4.78, 5) is 0. The number of hydrogen-bond acceptors (Lipinski definition) is 0. The van der Waals surface area contributed by atoms with Crippen molar-refractivity contribution >= 4 is 26.6 Å². The monoisotopic (exact) mass is 276 g/mol. The van der Waals surface area contributed by atoms with E-state index in [1.54, 1.807) is 0 Å². The van der Waals surface area contributed by atoms with Crippen molar-refractivity contribution in [1.82, 2.24) is 0 Å². The SMILES string of the molecule is [B]c1cc(F)c(C)c(F)c1.[B]c1cc(F)c(C)c(F)c1. The summed E-state index contributed by atoms with van der Waals surface area (Å²) in [6.07, 6.45) is 0. The summed E-state index contributed by atoms with van der Waals surface area (Å²) < 4.78 is 50.1. The minimum atomic E-state index is -0.600. The molecule has 4 radical (unpaired) electrons. The summed E-state index contributed by atoms with van der Waals surface area (Å²) in [6, 6.07) is 4.38. The molecule has 0 aliphatic carbocycles. The zero-order valence-corrected chi connectivity index (χ0v) is 11.0. The third-order valence-corrected chi connectivity index (χ3v) is 2.61. The summed E-state index contributed by atoms with van der Waals surface area (Å²) in [5.74, 6) is -2.40. The Morgan fingerprint density at radius 2 is 0.800 bits per heavy atom. The van der Waals surface area contributed by atoms with Gasteiger partial charge in [0.2, 0.25) is 0 Å². The minimum absolute atomic E-state index is 0.00852. The number of hydrogen-bond donors (Lipinski definition) is 0. The molecule has 0 spiro atoms. The first-order valence-corrected chi connectivity index (χ1v) is 5.64. The molecule has 100 valence electrons. The van der Waals surface area contributed by atoms with Gasteiger partial charge in [0, 0.05) is 11.1 Å². The molecule has 0 aliphatic rings. The average molecular weight is 276 g/mol. The van der Waals surface area contributed by atoms with E-state index in [4.69, 9.17) is 15.7 Å². The van der Waals surface area contributed by atoms with Crippen molar-refractivity contribution in [3.63, 3.8) is 0 Å². The molecule has 0 aromatic heterocycles. The van der Waals surface area contributed by atoms with Crippen molar-refractivity contribution in [2.75, 3.05) is 0 Å². The van der Waals surface area contributed by atoms with Gasteiger partial charge in [0.05, 0.1) is 0 Å². The van der Waals surface area contributed by atoms with Crippen LogP contribution < -0.4 is 10.9 Å². The lowest BCUT2D eigenvalue weighted by molar-refractivity contribution is 0.569. The van der Waals surface area contributed by atoms with E-state index in [1.807, 2.05) is 0 Å². The first-order valence-electron chi connectivity index (χ1n) is 5.64. The van der Waals surface area contributed by atoms with Crippen molar-refractivity contribution in [3.8, 4) is 0 Å². The largest absolute Gasteiger partial charge is 0.207 e. The molecule has 0 saturated heterocycles. The van der Waals surface area contributed by atoms with Crippen molar-refractivity contribution < 1.29 is 17.6 Å². The highest BCUT2D eigenvalue weighted by Gasteiger charge is 2.03. The molecule has 0 atom stereocenters. The van der Waals surface area contributed by atoms with Crippen molar-refractivity contribution in [2.24, 2.45) is 0 Å². The Hall–Kier alpha value is -1.71. The fraction of sp³-hybridized carbons (Fsp3) is 0.143. The maximum Gasteiger partial charge on any atom is 0.128 e. The van der Waals surface area contributed by atoms with Crippen molar-refractivity contribution in [2.45, 2.75) is 13.8 Å². The summed E-state index contributed by atoms with van der Waals surface area (Å²) in [5.41, 5.74) is 0.240. The van der Waals surface area contributed by atoms with Crippen molar-refractivity contribution in [3.05, 3.63) is 58.7 Å². The zero-order valence-electron chi connectivity index (χ0n) is 11.0. The highest BCUT2D eigenvalue weighted by molar-refractivity contribution is 6.32. The summed E-state index contributed by atoms with van der Waals surface area (Å²) in [6.45, 7) is 2.73. The Morgan fingerprint density at radius 3 is 1.00 bits per heavy atom. The topological polar surface area (TPSA) is 0 Å². The lowest BCUT2D eigenvalue weighted by atomic mass is 9.95. The van der Waals surface area contributed by atoms with Crippen LogP contribution in [0.4, 0.5) is 17.6 Å². The third kappa shape index (κ3) is 4.15. The second-order valence-electron chi connectivity index (χ2n) is 4.22. The van der Waals surface area contributed by atoms with Crippen LogP contribution in [-0.4, -0.2) is 15.7 Å². The zero-order chi connectivity index (χ0) is 15.4. The highest BCUT2D eigenvalue weighted by atomic mass is 19.1. The number of halogens is 4. The molecule has 0 aliphatic heterocycles. The first-order chi connectivity index (χ1) is 9.22. The predicted octanol–water partition coefficient (Wildman–Crippen LogP) is 2.13. The standard InChI is InChI=1S/2C7H5BF2/c2*1-4-6(9)2-5(8)3-7(4)10/h2*2-3H,1H3. The lowest BCUT2D eigenvalue weighted by Crippen LogP contribution is -2.06. The molecule has 0 N–H and O–H groups in total. The van der Waals surface area contributed by atoms with Crippen LogP contribution in [0.2, 0.25) is 0 Å². The van der Waals surface area contributed by atoms with E-state index in [2.05, 4.69) is 0 Å². The second-order valence-corrected chi connectivity index (χ2v) is 4.22. The molecule has 0 bridgehead atoms. The van der Waals surface area contributed by atoms with E-state index in [9.17, 15) is 17.6 Å². The van der Waals surface area contributed by atoms with Crippen LogP contribution >= 0.6 is 0 Å². The fourth-order valence-corrected chi connectivity index (χ4v) is 1.33. The Kier molecular flexibility index (Phi) is 5.42. The van der Waals surface area contributed by atoms with E-state index in [0.717, 1.165) is 24.3 Å². The van der Waals surface area contributed by atoms with Crippen LogP contribution in [0.25, 0.3) is 0 Å². The number of benzene rings is 2. The smallest absolute Gasteiger partial charge is 0.128 e. The van der Waals surface area contributed by atoms with Gasteiger partial charge in [-0.1, -0.05) is 10.9 Å². The molecule has 0 heterocycles. The second kappa shape index (κ2) is 6.64. The molecule has 0 nitrogen and oxygen atoms in total. The maximum absolute atomic E-state index is 12.5. The van der Waals surface area contributed by atoms with Gasteiger partial charge in [0.25, 0.3) is 0 Å². The Labute approximate surface area is 117 Å². The molecule has 0 fully saturated rings. The van der Waals surface area contributed by atoms with Crippen molar-refractivity contribution in [1.29, 1.82) is 0 Å². The van der Waals surface area contributed by atoms with Crippen LogP contribution in [0.3, 0.4) is 0 Å².